The van der Waals surface area contributed by atoms with Gasteiger partial charge in [-0.15, -0.1) is 0 Å². The third-order valence-electron chi connectivity index (χ3n) is 6.80. The van der Waals surface area contributed by atoms with E-state index in [2.05, 4.69) is 102 Å². The Morgan fingerprint density at radius 1 is 0.526 bits per heavy atom. The van der Waals surface area contributed by atoms with Crippen LogP contribution >= 0.6 is 0 Å². The first kappa shape index (κ1) is 21.9. The maximum absolute atomic E-state index is 4.75. The maximum atomic E-state index is 4.75. The molecule has 7 rings (SSSR count). The van der Waals surface area contributed by atoms with Crippen molar-refractivity contribution in [3.8, 4) is 45.0 Å². The molecule has 0 aliphatic heterocycles. The summed E-state index contributed by atoms with van der Waals surface area (Å²) in [6.07, 6.45) is 3.49. The molecule has 0 fully saturated rings. The summed E-state index contributed by atoms with van der Waals surface area (Å²) in [5.41, 5.74) is 9.40. The largest absolute Gasteiger partial charge is 0.299 e. The van der Waals surface area contributed by atoms with Crippen molar-refractivity contribution in [3.63, 3.8) is 0 Å². The Labute approximate surface area is 220 Å². The van der Waals surface area contributed by atoms with Gasteiger partial charge in [0.15, 0.2) is 5.82 Å². The fourth-order valence-electron chi connectivity index (χ4n) is 5.02. The molecule has 0 N–H and O–H groups in total. The first-order valence-corrected chi connectivity index (χ1v) is 12.5. The molecule has 0 aliphatic rings. The van der Waals surface area contributed by atoms with Gasteiger partial charge in [0.25, 0.3) is 0 Å². The number of fused-ring (bicyclic) bond motifs is 1. The summed E-state index contributed by atoms with van der Waals surface area (Å²) in [5.74, 6) is 0.765. The normalized spacial score (nSPS) is 11.2. The minimum atomic E-state index is 0.765. The fourth-order valence-corrected chi connectivity index (χ4v) is 5.02. The highest BCUT2D eigenvalue weighted by Gasteiger charge is 2.19. The number of para-hydroxylation sites is 2. The summed E-state index contributed by atoms with van der Waals surface area (Å²) in [7, 11) is 0. The predicted molar refractivity (Wildman–Crippen MR) is 152 cm³/mol. The highest BCUT2D eigenvalue weighted by atomic mass is 15.3. The van der Waals surface area contributed by atoms with Gasteiger partial charge in [-0.2, -0.15) is 5.10 Å². The fraction of sp³-hybridized carbons (Fsp3) is 0. The van der Waals surface area contributed by atoms with Crippen molar-refractivity contribution in [2.75, 3.05) is 0 Å². The van der Waals surface area contributed by atoms with Gasteiger partial charge in [-0.25, -0.2) is 14.6 Å². The predicted octanol–water partition coefficient (Wildman–Crippen LogP) is 7.61. The Balaban J connectivity index is 1.42. The van der Waals surface area contributed by atoms with Gasteiger partial charge in [0, 0.05) is 22.4 Å². The Hall–Kier alpha value is -5.29. The summed E-state index contributed by atoms with van der Waals surface area (Å²) < 4.78 is 4.06. The molecule has 5 nitrogen and oxygen atoms in total. The van der Waals surface area contributed by atoms with Crippen molar-refractivity contribution < 1.29 is 0 Å². The molecule has 5 heteroatoms. The van der Waals surface area contributed by atoms with Gasteiger partial charge in [-0.1, -0.05) is 97.1 Å². The van der Waals surface area contributed by atoms with Crippen LogP contribution in [0.15, 0.2) is 140 Å². The average Bonchev–Trinajstić information content (AvgIpc) is 3.65. The molecule has 0 aliphatic carbocycles. The minimum absolute atomic E-state index is 0.765. The summed E-state index contributed by atoms with van der Waals surface area (Å²) in [6, 6.07) is 43.8. The van der Waals surface area contributed by atoms with E-state index in [9.17, 15) is 0 Å². The second kappa shape index (κ2) is 9.30. The van der Waals surface area contributed by atoms with E-state index in [1.54, 1.807) is 6.33 Å². The summed E-state index contributed by atoms with van der Waals surface area (Å²) >= 11 is 0. The van der Waals surface area contributed by atoms with Crippen LogP contribution in [0.25, 0.3) is 56.0 Å². The molecule has 0 unspecified atom stereocenters. The van der Waals surface area contributed by atoms with Crippen molar-refractivity contribution in [2.24, 2.45) is 0 Å². The van der Waals surface area contributed by atoms with Gasteiger partial charge in [-0.3, -0.25) is 4.57 Å². The van der Waals surface area contributed by atoms with Crippen molar-refractivity contribution in [1.82, 2.24) is 24.3 Å². The number of benzene rings is 5. The van der Waals surface area contributed by atoms with Gasteiger partial charge < -0.3 is 0 Å². The number of nitrogens with zero attached hydrogens (tertiary/aromatic N) is 5. The zero-order chi connectivity index (χ0) is 25.3. The highest BCUT2D eigenvalue weighted by Crippen LogP contribution is 2.37. The second-order valence-corrected chi connectivity index (χ2v) is 9.08. The third-order valence-corrected chi connectivity index (χ3v) is 6.80. The standard InChI is InChI=1S/C33H23N5/c1-4-11-24(12-5-1)28-17-10-18-29(25-13-6-2-7-14-25)32(28)38-33(34-22-36-38)26-19-20-31-30(21-26)35-23-37(31)27-15-8-3-9-16-27/h1-23H. The van der Waals surface area contributed by atoms with Gasteiger partial charge >= 0.3 is 0 Å². The first-order valence-electron chi connectivity index (χ1n) is 12.5. The molecule has 0 saturated carbocycles. The lowest BCUT2D eigenvalue weighted by Crippen LogP contribution is -2.04. The number of imidazole rings is 1. The zero-order valence-corrected chi connectivity index (χ0v) is 20.5. The van der Waals surface area contributed by atoms with Gasteiger partial charge in [0.1, 0.15) is 12.7 Å². The van der Waals surface area contributed by atoms with Crippen LogP contribution in [-0.2, 0) is 0 Å². The molecule has 180 valence electrons. The molecule has 0 bridgehead atoms. The Bertz CT molecular complexity index is 1790. The SMILES string of the molecule is c1ccc(-c2cccc(-c3ccccc3)c2-n2ncnc2-c2ccc3c(c2)ncn3-c2ccccc2)cc1. The van der Waals surface area contributed by atoms with Crippen LogP contribution in [-0.4, -0.2) is 24.3 Å². The third kappa shape index (κ3) is 3.78. The lowest BCUT2D eigenvalue weighted by Gasteiger charge is -2.17. The van der Waals surface area contributed by atoms with Crippen molar-refractivity contribution in [1.29, 1.82) is 0 Å². The quantitative estimate of drug-likeness (QED) is 0.250. The Kier molecular flexibility index (Phi) is 5.37. The monoisotopic (exact) mass is 489 g/mol. The summed E-state index contributed by atoms with van der Waals surface area (Å²) in [4.78, 5) is 9.43. The molecule has 2 heterocycles. The van der Waals surface area contributed by atoms with Gasteiger partial charge in [-0.05, 0) is 41.5 Å². The van der Waals surface area contributed by atoms with Gasteiger partial charge in [0.05, 0.1) is 16.7 Å². The molecule has 0 radical (unpaired) electrons. The van der Waals surface area contributed by atoms with Crippen molar-refractivity contribution in [2.45, 2.75) is 0 Å². The molecule has 0 spiro atoms. The first-order chi connectivity index (χ1) is 18.9. The van der Waals surface area contributed by atoms with Crippen LogP contribution in [0, 0.1) is 0 Å². The topological polar surface area (TPSA) is 48.5 Å². The molecule has 5 aromatic carbocycles. The van der Waals surface area contributed by atoms with E-state index in [1.807, 2.05) is 41.3 Å². The number of hydrogen-bond acceptors (Lipinski definition) is 3. The lowest BCUT2D eigenvalue weighted by atomic mass is 9.95. The summed E-state index contributed by atoms with van der Waals surface area (Å²) in [6.45, 7) is 0. The number of rotatable bonds is 5. The van der Waals surface area contributed by atoms with Gasteiger partial charge in [0.2, 0.25) is 0 Å². The molecular formula is C33H23N5. The highest BCUT2D eigenvalue weighted by molar-refractivity contribution is 5.87. The number of aromatic nitrogens is 5. The molecule has 2 aromatic heterocycles. The molecule has 7 aromatic rings. The lowest BCUT2D eigenvalue weighted by molar-refractivity contribution is 0.890. The Morgan fingerprint density at radius 3 is 1.82 bits per heavy atom. The van der Waals surface area contributed by atoms with E-state index in [0.29, 0.717) is 0 Å². The van der Waals surface area contributed by atoms with Crippen LogP contribution in [0.2, 0.25) is 0 Å². The van der Waals surface area contributed by atoms with Crippen molar-refractivity contribution in [3.05, 3.63) is 140 Å². The second-order valence-electron chi connectivity index (χ2n) is 9.08. The van der Waals surface area contributed by atoms with E-state index in [0.717, 1.165) is 56.0 Å². The van der Waals surface area contributed by atoms with E-state index in [4.69, 9.17) is 15.1 Å². The smallest absolute Gasteiger partial charge is 0.163 e. The van der Waals surface area contributed by atoms with Crippen molar-refractivity contribution >= 4 is 11.0 Å². The van der Waals surface area contributed by atoms with Crippen LogP contribution < -0.4 is 0 Å². The van der Waals surface area contributed by atoms with E-state index < -0.39 is 0 Å². The molecule has 0 atom stereocenters. The van der Waals surface area contributed by atoms with E-state index in [1.165, 1.54) is 0 Å². The molecule has 38 heavy (non-hydrogen) atoms. The van der Waals surface area contributed by atoms with E-state index in [-0.39, 0.29) is 0 Å². The summed E-state index contributed by atoms with van der Waals surface area (Å²) in [5, 5.41) is 4.75. The molecule has 0 amide bonds. The average molecular weight is 490 g/mol. The molecule has 0 saturated heterocycles. The zero-order valence-electron chi connectivity index (χ0n) is 20.5. The van der Waals surface area contributed by atoms with Crippen LogP contribution in [0.1, 0.15) is 0 Å². The Morgan fingerprint density at radius 2 is 1.16 bits per heavy atom. The van der Waals surface area contributed by atoms with Crippen LogP contribution in [0.5, 0.6) is 0 Å². The van der Waals surface area contributed by atoms with Crippen LogP contribution in [0.4, 0.5) is 0 Å². The van der Waals surface area contributed by atoms with Crippen LogP contribution in [0.3, 0.4) is 0 Å². The molecular weight excluding hydrogens is 466 g/mol. The minimum Gasteiger partial charge on any atom is -0.299 e. The maximum Gasteiger partial charge on any atom is 0.163 e. The number of hydrogen-bond donors (Lipinski definition) is 0. The van der Waals surface area contributed by atoms with E-state index >= 15 is 0 Å².